The number of nitrogens with zero attached hydrogens (tertiary/aromatic N) is 2. The molecule has 1 aliphatic rings. The minimum atomic E-state index is 0.735. The van der Waals surface area contributed by atoms with Crippen LogP contribution < -0.4 is 15.3 Å². The highest BCUT2D eigenvalue weighted by molar-refractivity contribution is 6.09. The summed E-state index contributed by atoms with van der Waals surface area (Å²) in [6.45, 7) is 0. The van der Waals surface area contributed by atoms with Gasteiger partial charge in [-0.05, 0) is 122 Å². The lowest BCUT2D eigenvalue weighted by Gasteiger charge is -2.28. The Morgan fingerprint density at radius 2 is 0.926 bits per heavy atom. The number of fused-ring (bicyclic) bond motifs is 7. The monoisotopic (exact) mass is 868 g/mol. The van der Waals surface area contributed by atoms with Gasteiger partial charge in [0.2, 0.25) is 0 Å². The number of para-hydroxylation sites is 3. The molecule has 12 aromatic rings. The number of furan rings is 1. The zero-order chi connectivity index (χ0) is 45.0. The predicted octanol–water partition coefficient (Wildman–Crippen LogP) is 15.8. The number of rotatable bonds is 8. The molecule has 0 saturated carbocycles. The van der Waals surface area contributed by atoms with Gasteiger partial charge >= 0.3 is 0 Å². The summed E-state index contributed by atoms with van der Waals surface area (Å²) < 4.78 is 9.06. The minimum Gasteiger partial charge on any atom is -0.460 e. The Hall–Kier alpha value is -8.92. The Bertz CT molecular complexity index is 3940. The van der Waals surface area contributed by atoms with E-state index in [2.05, 4.69) is 264 Å². The second-order valence-corrected chi connectivity index (χ2v) is 17.6. The van der Waals surface area contributed by atoms with Crippen molar-refractivity contribution in [3.63, 3.8) is 0 Å². The van der Waals surface area contributed by atoms with Gasteiger partial charge in [0.1, 0.15) is 11.3 Å². The molecule has 3 heteroatoms. The molecule has 0 amide bonds. The maximum atomic E-state index is 6.68. The largest absolute Gasteiger partial charge is 0.460 e. The Morgan fingerprint density at radius 3 is 1.63 bits per heavy atom. The van der Waals surface area contributed by atoms with Crippen LogP contribution in [0.5, 0.6) is 0 Å². The van der Waals surface area contributed by atoms with Gasteiger partial charge in [-0.1, -0.05) is 182 Å². The molecule has 2 heterocycles. The van der Waals surface area contributed by atoms with Crippen molar-refractivity contribution in [3.05, 3.63) is 264 Å². The van der Waals surface area contributed by atoms with Crippen LogP contribution in [-0.2, 0) is 6.42 Å². The van der Waals surface area contributed by atoms with Crippen LogP contribution in [0.25, 0.3) is 95.1 Å². The second-order valence-electron chi connectivity index (χ2n) is 17.6. The number of hydrogen-bond donors (Lipinski definition) is 0. The highest BCUT2D eigenvalue weighted by atomic mass is 16.3. The summed E-state index contributed by atoms with van der Waals surface area (Å²) >= 11 is 0. The number of anilines is 3. The van der Waals surface area contributed by atoms with E-state index in [0.29, 0.717) is 0 Å². The van der Waals surface area contributed by atoms with Gasteiger partial charge in [0.25, 0.3) is 0 Å². The van der Waals surface area contributed by atoms with Crippen LogP contribution in [-0.4, -0.2) is 4.57 Å². The SMILES string of the molecule is C1=c2ccccc2=Cc2c(oc3cccc(-c4ccccc4N(c4ccc(-c5cccc(-c6ccccc6)c5)cc4)c4ccc(-c5cccc(-n6c7ccccc7c7ccccc76)c5)cc4)c23)C1. The molecule has 2 aromatic heterocycles. The predicted molar refractivity (Wildman–Crippen MR) is 284 cm³/mol. The van der Waals surface area contributed by atoms with E-state index in [1.165, 1.54) is 48.9 Å². The lowest BCUT2D eigenvalue weighted by atomic mass is 9.95. The number of hydrogen-bond acceptors (Lipinski definition) is 2. The molecule has 0 spiro atoms. The molecule has 3 nitrogen and oxygen atoms in total. The standard InChI is InChI=1S/C65H44N2O/c1-2-15-44(16-3-1)48-19-12-20-49(41-48)46-31-36-52(37-32-46)66(60-27-9-8-25-57(60)58-26-14-30-64-65(58)59-43-51-18-5-4-17-45(51)35-40-63(59)68-64)53-38-33-47(34-39-53)50-21-13-22-54(42-50)67-61-28-10-6-23-55(61)56-24-7-11-29-62(56)67/h1-39,41-43H,40H2. The average molecular weight is 869 g/mol. The van der Waals surface area contributed by atoms with Gasteiger partial charge in [0.15, 0.2) is 0 Å². The van der Waals surface area contributed by atoms with Gasteiger partial charge in [-0.15, -0.1) is 0 Å². The van der Waals surface area contributed by atoms with E-state index < -0.39 is 0 Å². The zero-order valence-electron chi connectivity index (χ0n) is 37.3. The van der Waals surface area contributed by atoms with Crippen molar-refractivity contribution in [2.75, 3.05) is 4.90 Å². The van der Waals surface area contributed by atoms with Crippen LogP contribution in [0.2, 0.25) is 0 Å². The fraction of sp³-hybridized carbons (Fsp3) is 0.0154. The summed E-state index contributed by atoms with van der Waals surface area (Å²) in [5.74, 6) is 0.989. The van der Waals surface area contributed by atoms with E-state index in [4.69, 9.17) is 4.42 Å². The van der Waals surface area contributed by atoms with Crippen molar-refractivity contribution >= 4 is 62.0 Å². The molecule has 0 saturated heterocycles. The molecule has 13 rings (SSSR count). The van der Waals surface area contributed by atoms with Crippen molar-refractivity contribution in [1.82, 2.24) is 4.57 Å². The van der Waals surface area contributed by atoms with Crippen molar-refractivity contribution in [2.24, 2.45) is 0 Å². The first-order valence-corrected chi connectivity index (χ1v) is 23.4. The smallest absolute Gasteiger partial charge is 0.135 e. The maximum Gasteiger partial charge on any atom is 0.135 e. The first kappa shape index (κ1) is 39.4. The summed E-state index contributed by atoms with van der Waals surface area (Å²) in [4.78, 5) is 2.40. The van der Waals surface area contributed by atoms with E-state index in [0.717, 1.165) is 79.3 Å². The normalized spacial score (nSPS) is 12.0. The Morgan fingerprint density at radius 1 is 0.397 bits per heavy atom. The van der Waals surface area contributed by atoms with E-state index in [1.807, 2.05) is 0 Å². The molecule has 0 radical (unpaired) electrons. The van der Waals surface area contributed by atoms with Gasteiger partial charge in [-0.2, -0.15) is 0 Å². The third-order valence-corrected chi connectivity index (χ3v) is 13.6. The Labute approximate surface area is 395 Å². The first-order chi connectivity index (χ1) is 33.7. The first-order valence-electron chi connectivity index (χ1n) is 23.4. The van der Waals surface area contributed by atoms with Crippen LogP contribution in [0, 0.1) is 0 Å². The molecular formula is C65H44N2O. The van der Waals surface area contributed by atoms with E-state index in [9.17, 15) is 0 Å². The topological polar surface area (TPSA) is 21.3 Å². The molecule has 0 fully saturated rings. The molecule has 0 N–H and O–H groups in total. The Kier molecular flexibility index (Phi) is 9.57. The fourth-order valence-corrected chi connectivity index (χ4v) is 10.4. The van der Waals surface area contributed by atoms with E-state index in [1.54, 1.807) is 0 Å². The Balaban J connectivity index is 0.939. The summed E-state index contributed by atoms with van der Waals surface area (Å²) in [5, 5.41) is 6.08. The van der Waals surface area contributed by atoms with Crippen molar-refractivity contribution in [1.29, 1.82) is 0 Å². The van der Waals surface area contributed by atoms with Crippen molar-refractivity contribution in [2.45, 2.75) is 6.42 Å². The molecule has 68 heavy (non-hydrogen) atoms. The maximum absolute atomic E-state index is 6.68. The van der Waals surface area contributed by atoms with Crippen LogP contribution >= 0.6 is 0 Å². The lowest BCUT2D eigenvalue weighted by molar-refractivity contribution is 0.568. The lowest BCUT2D eigenvalue weighted by Crippen LogP contribution is -2.22. The minimum absolute atomic E-state index is 0.735. The van der Waals surface area contributed by atoms with E-state index >= 15 is 0 Å². The van der Waals surface area contributed by atoms with Crippen molar-refractivity contribution < 1.29 is 4.42 Å². The quantitative estimate of drug-likeness (QED) is 0.152. The van der Waals surface area contributed by atoms with Crippen LogP contribution in [0.15, 0.2) is 247 Å². The third kappa shape index (κ3) is 6.83. The molecule has 0 bridgehead atoms. The van der Waals surface area contributed by atoms with Gasteiger partial charge in [-0.25, -0.2) is 0 Å². The van der Waals surface area contributed by atoms with Crippen molar-refractivity contribution in [3.8, 4) is 50.2 Å². The van der Waals surface area contributed by atoms with Gasteiger partial charge < -0.3 is 13.9 Å². The van der Waals surface area contributed by atoms with Crippen LogP contribution in [0.3, 0.4) is 0 Å². The third-order valence-electron chi connectivity index (χ3n) is 13.6. The fourth-order valence-electron chi connectivity index (χ4n) is 10.4. The summed E-state index contributed by atoms with van der Waals surface area (Å²) in [7, 11) is 0. The second kappa shape index (κ2) is 16.5. The van der Waals surface area contributed by atoms with Gasteiger partial charge in [0.05, 0.1) is 16.7 Å². The summed E-state index contributed by atoms with van der Waals surface area (Å²) in [6, 6.07) is 87.7. The van der Waals surface area contributed by atoms with Gasteiger partial charge in [0, 0.05) is 50.8 Å². The molecule has 1 aliphatic carbocycles. The number of benzene rings is 10. The average Bonchev–Trinajstić information content (AvgIpc) is 3.88. The zero-order valence-corrected chi connectivity index (χ0v) is 37.3. The summed E-state index contributed by atoms with van der Waals surface area (Å²) in [6.07, 6.45) is 5.32. The van der Waals surface area contributed by atoms with Crippen LogP contribution in [0.1, 0.15) is 11.3 Å². The number of aromatic nitrogens is 1. The summed E-state index contributed by atoms with van der Waals surface area (Å²) in [5.41, 5.74) is 18.1. The van der Waals surface area contributed by atoms with E-state index in [-0.39, 0.29) is 0 Å². The van der Waals surface area contributed by atoms with Gasteiger partial charge in [-0.3, -0.25) is 0 Å². The molecule has 10 aromatic carbocycles. The molecule has 0 aliphatic heterocycles. The molecule has 0 atom stereocenters. The highest BCUT2D eigenvalue weighted by Gasteiger charge is 2.23. The molecule has 0 unspecified atom stereocenters. The highest BCUT2D eigenvalue weighted by Crippen LogP contribution is 2.45. The van der Waals surface area contributed by atoms with Crippen LogP contribution in [0.4, 0.5) is 17.1 Å². The molecule has 320 valence electrons. The molecular weight excluding hydrogens is 825 g/mol.